The normalized spacial score (nSPS) is 13.5. The van der Waals surface area contributed by atoms with Crippen LogP contribution >= 0.6 is 0 Å². The molecule has 194 valence electrons. The van der Waals surface area contributed by atoms with Gasteiger partial charge >= 0.3 is 12.1 Å². The molecule has 0 unspecified atom stereocenters. The number of benzene rings is 2. The Morgan fingerprint density at radius 1 is 0.750 bits per heavy atom. The zero-order valence-electron chi connectivity index (χ0n) is 21.4. The molecule has 0 radical (unpaired) electrons. The Kier molecular flexibility index (Phi) is 10.5. The molecule has 9 nitrogen and oxygen atoms in total. The van der Waals surface area contributed by atoms with E-state index in [9.17, 15) is 19.2 Å². The van der Waals surface area contributed by atoms with Gasteiger partial charge in [-0.3, -0.25) is 9.59 Å². The first-order valence-electron chi connectivity index (χ1n) is 11.7. The summed E-state index contributed by atoms with van der Waals surface area (Å²) in [5.74, 6) is -1.73. The lowest BCUT2D eigenvalue weighted by atomic mass is 10.0. The van der Waals surface area contributed by atoms with Gasteiger partial charge in [-0.25, -0.2) is 9.59 Å². The third-order valence-corrected chi connectivity index (χ3v) is 5.13. The third-order valence-electron chi connectivity index (χ3n) is 5.13. The molecule has 0 bridgehead atoms. The molecule has 0 heterocycles. The molecule has 3 amide bonds. The van der Waals surface area contributed by atoms with Crippen LogP contribution in [0.15, 0.2) is 60.7 Å². The highest BCUT2D eigenvalue weighted by Gasteiger charge is 2.29. The van der Waals surface area contributed by atoms with Crippen molar-refractivity contribution in [1.82, 2.24) is 16.0 Å². The van der Waals surface area contributed by atoms with E-state index in [0.29, 0.717) is 0 Å². The fraction of sp³-hybridized carbons (Fsp3) is 0.407. The molecular formula is C27H35N3O6. The number of nitrogens with one attached hydrogen (secondary N) is 3. The highest BCUT2D eigenvalue weighted by atomic mass is 16.6. The number of rotatable bonds is 10. The van der Waals surface area contributed by atoms with Crippen molar-refractivity contribution < 1.29 is 28.7 Å². The molecule has 3 N–H and O–H groups in total. The van der Waals surface area contributed by atoms with Gasteiger partial charge in [0.2, 0.25) is 11.8 Å². The molecule has 36 heavy (non-hydrogen) atoms. The predicted octanol–water partition coefficient (Wildman–Crippen LogP) is 2.53. The van der Waals surface area contributed by atoms with E-state index >= 15 is 0 Å². The van der Waals surface area contributed by atoms with E-state index in [0.717, 1.165) is 11.1 Å². The van der Waals surface area contributed by atoms with Crippen molar-refractivity contribution in [3.63, 3.8) is 0 Å². The number of hydrogen-bond donors (Lipinski definition) is 3. The predicted molar refractivity (Wildman–Crippen MR) is 135 cm³/mol. The molecule has 0 aliphatic heterocycles. The van der Waals surface area contributed by atoms with E-state index < -0.39 is 47.6 Å². The first-order valence-corrected chi connectivity index (χ1v) is 11.7. The van der Waals surface area contributed by atoms with Gasteiger partial charge < -0.3 is 25.4 Å². The molecule has 0 fully saturated rings. The van der Waals surface area contributed by atoms with E-state index in [-0.39, 0.29) is 12.8 Å². The van der Waals surface area contributed by atoms with E-state index in [1.165, 1.54) is 14.0 Å². The number of methoxy groups -OCH3 is 1. The number of ether oxygens (including phenoxy) is 2. The molecule has 0 saturated heterocycles. The van der Waals surface area contributed by atoms with Crippen LogP contribution in [0.3, 0.4) is 0 Å². The van der Waals surface area contributed by atoms with Crippen molar-refractivity contribution in [2.24, 2.45) is 0 Å². The average molecular weight is 498 g/mol. The van der Waals surface area contributed by atoms with Gasteiger partial charge in [0.05, 0.1) is 7.11 Å². The van der Waals surface area contributed by atoms with Crippen LogP contribution in [0.5, 0.6) is 0 Å². The van der Waals surface area contributed by atoms with Crippen LogP contribution in [0.1, 0.15) is 38.8 Å². The highest BCUT2D eigenvalue weighted by Crippen LogP contribution is 2.09. The summed E-state index contributed by atoms with van der Waals surface area (Å²) in [5, 5.41) is 7.86. The molecule has 2 aromatic carbocycles. The van der Waals surface area contributed by atoms with Gasteiger partial charge in [-0.05, 0) is 38.8 Å². The number of hydrogen-bond acceptors (Lipinski definition) is 6. The van der Waals surface area contributed by atoms with Crippen LogP contribution in [0.4, 0.5) is 4.79 Å². The van der Waals surface area contributed by atoms with Crippen molar-refractivity contribution in [2.45, 2.75) is 64.3 Å². The van der Waals surface area contributed by atoms with Crippen molar-refractivity contribution >= 4 is 23.9 Å². The van der Waals surface area contributed by atoms with Crippen LogP contribution < -0.4 is 16.0 Å². The van der Waals surface area contributed by atoms with E-state index in [1.54, 1.807) is 20.8 Å². The zero-order chi connectivity index (χ0) is 26.7. The number of carbonyl (C=O) groups excluding carboxylic acids is 4. The van der Waals surface area contributed by atoms with Gasteiger partial charge in [-0.1, -0.05) is 60.7 Å². The minimum atomic E-state index is -1.01. The summed E-state index contributed by atoms with van der Waals surface area (Å²) < 4.78 is 10.1. The van der Waals surface area contributed by atoms with E-state index in [1.807, 2.05) is 60.7 Å². The van der Waals surface area contributed by atoms with E-state index in [2.05, 4.69) is 16.0 Å². The molecule has 0 saturated carbocycles. The van der Waals surface area contributed by atoms with Crippen molar-refractivity contribution in [1.29, 1.82) is 0 Å². The Morgan fingerprint density at radius 2 is 1.22 bits per heavy atom. The Hall–Kier alpha value is -3.88. The maximum absolute atomic E-state index is 13.3. The van der Waals surface area contributed by atoms with Gasteiger partial charge in [-0.2, -0.15) is 0 Å². The number of alkyl carbamates (subject to hydrolysis) is 1. The summed E-state index contributed by atoms with van der Waals surface area (Å²) in [6.45, 7) is 6.63. The molecule has 0 aliphatic rings. The summed E-state index contributed by atoms with van der Waals surface area (Å²) in [4.78, 5) is 50.6. The fourth-order valence-corrected chi connectivity index (χ4v) is 3.36. The first-order chi connectivity index (χ1) is 17.0. The summed E-state index contributed by atoms with van der Waals surface area (Å²) >= 11 is 0. The van der Waals surface area contributed by atoms with Crippen LogP contribution in [-0.4, -0.2) is 54.7 Å². The lowest BCUT2D eigenvalue weighted by molar-refractivity contribution is -0.145. The number of carbonyl (C=O) groups is 4. The quantitative estimate of drug-likeness (QED) is 0.434. The van der Waals surface area contributed by atoms with Crippen LogP contribution in [-0.2, 0) is 36.7 Å². The van der Waals surface area contributed by atoms with Crippen molar-refractivity contribution in [3.8, 4) is 0 Å². The lowest BCUT2D eigenvalue weighted by Gasteiger charge is -2.25. The summed E-state index contributed by atoms with van der Waals surface area (Å²) in [6, 6.07) is 15.4. The maximum Gasteiger partial charge on any atom is 0.408 e. The average Bonchev–Trinajstić information content (AvgIpc) is 2.82. The van der Waals surface area contributed by atoms with Gasteiger partial charge in [0.15, 0.2) is 0 Å². The second-order valence-electron chi connectivity index (χ2n) is 9.39. The van der Waals surface area contributed by atoms with Crippen LogP contribution in [0.2, 0.25) is 0 Å². The largest absolute Gasteiger partial charge is 0.467 e. The highest BCUT2D eigenvalue weighted by molar-refractivity contribution is 5.93. The molecule has 2 aromatic rings. The minimum Gasteiger partial charge on any atom is -0.467 e. The minimum absolute atomic E-state index is 0.177. The topological polar surface area (TPSA) is 123 Å². The molecular weight excluding hydrogens is 462 g/mol. The lowest BCUT2D eigenvalue weighted by Crippen LogP contribution is -2.56. The SMILES string of the molecule is COC(=O)[C@H](Cc1ccccc1)NC(=O)[C@H](Cc1ccccc1)NC(=O)[C@H](C)NC(=O)OC(C)(C)C. The summed E-state index contributed by atoms with van der Waals surface area (Å²) in [6.07, 6.45) is -0.346. The Bertz CT molecular complexity index is 1020. The molecule has 0 spiro atoms. The molecule has 0 aliphatic carbocycles. The number of amides is 3. The van der Waals surface area contributed by atoms with Gasteiger partial charge in [0, 0.05) is 12.8 Å². The Morgan fingerprint density at radius 3 is 1.69 bits per heavy atom. The van der Waals surface area contributed by atoms with Gasteiger partial charge in [-0.15, -0.1) is 0 Å². The van der Waals surface area contributed by atoms with E-state index in [4.69, 9.17) is 9.47 Å². The standard InChI is InChI=1S/C27H35N3O6/c1-18(28-26(34)36-27(2,3)4)23(31)29-21(16-19-12-8-6-9-13-19)24(32)30-22(25(33)35-5)17-20-14-10-7-11-15-20/h6-15,18,21-22H,16-17H2,1-5H3,(H,28,34)(H,29,31)(H,30,32)/t18-,21-,22-/m0/s1. The second kappa shape index (κ2) is 13.3. The molecule has 3 atom stereocenters. The Labute approximate surface area is 211 Å². The van der Waals surface area contributed by atoms with Gasteiger partial charge in [0.25, 0.3) is 0 Å². The number of esters is 1. The van der Waals surface area contributed by atoms with Crippen LogP contribution in [0.25, 0.3) is 0 Å². The molecule has 0 aromatic heterocycles. The van der Waals surface area contributed by atoms with Gasteiger partial charge in [0.1, 0.15) is 23.7 Å². The second-order valence-corrected chi connectivity index (χ2v) is 9.39. The monoisotopic (exact) mass is 497 g/mol. The smallest absolute Gasteiger partial charge is 0.408 e. The van der Waals surface area contributed by atoms with Crippen LogP contribution in [0, 0.1) is 0 Å². The summed E-state index contributed by atoms with van der Waals surface area (Å²) in [5.41, 5.74) is 0.924. The zero-order valence-corrected chi connectivity index (χ0v) is 21.4. The Balaban J connectivity index is 2.16. The fourth-order valence-electron chi connectivity index (χ4n) is 3.36. The van der Waals surface area contributed by atoms with Crippen molar-refractivity contribution in [2.75, 3.05) is 7.11 Å². The molecule has 9 heteroatoms. The first kappa shape index (κ1) is 28.4. The molecule has 2 rings (SSSR count). The summed E-state index contributed by atoms with van der Waals surface area (Å²) in [7, 11) is 1.25. The van der Waals surface area contributed by atoms with Crippen molar-refractivity contribution in [3.05, 3.63) is 71.8 Å². The maximum atomic E-state index is 13.3. The third kappa shape index (κ3) is 9.77.